The molecule has 84 valence electrons. The number of carbonyl (C=O) groups is 1. The fourth-order valence-corrected chi connectivity index (χ4v) is 1.94. The lowest BCUT2D eigenvalue weighted by Gasteiger charge is -2.05. The van der Waals surface area contributed by atoms with Crippen LogP contribution in [0, 0.1) is 17.1 Å². The van der Waals surface area contributed by atoms with Crippen molar-refractivity contribution in [3.63, 3.8) is 0 Å². The zero-order chi connectivity index (χ0) is 12.1. The monoisotopic (exact) mass is 240 g/mol. The van der Waals surface area contributed by atoms with Crippen LogP contribution in [0.3, 0.4) is 0 Å². The number of nitrogens with two attached hydrogens (primary N) is 1. The van der Waals surface area contributed by atoms with Gasteiger partial charge in [-0.25, -0.2) is 4.39 Å². The minimum atomic E-state index is -0.916. The number of halogens is 1. The molecule has 0 aromatic heterocycles. The normalized spacial score (nSPS) is 9.75. The maximum Gasteiger partial charge on any atom is 0.304 e. The van der Waals surface area contributed by atoms with Gasteiger partial charge in [0.05, 0.1) is 12.0 Å². The summed E-state index contributed by atoms with van der Waals surface area (Å²) in [4.78, 5) is 10.7. The molecule has 0 saturated carbocycles. The molecule has 0 aliphatic rings. The Balaban J connectivity index is 2.78. The van der Waals surface area contributed by atoms with Crippen LogP contribution in [0.2, 0.25) is 0 Å². The number of carboxylic acids is 1. The molecular weight excluding hydrogens is 231 g/mol. The van der Waals surface area contributed by atoms with Crippen molar-refractivity contribution in [3.05, 3.63) is 23.5 Å². The summed E-state index contributed by atoms with van der Waals surface area (Å²) in [5.41, 5.74) is 5.77. The highest BCUT2D eigenvalue weighted by Crippen LogP contribution is 2.28. The van der Waals surface area contributed by atoms with Crippen LogP contribution >= 0.6 is 11.8 Å². The second-order valence-corrected chi connectivity index (χ2v) is 4.11. The number of aliphatic carboxylic acids is 1. The fraction of sp³-hybridized carbons (Fsp3) is 0.200. The van der Waals surface area contributed by atoms with Gasteiger partial charge < -0.3 is 10.8 Å². The molecule has 0 aliphatic heterocycles. The number of rotatable bonds is 4. The van der Waals surface area contributed by atoms with E-state index >= 15 is 0 Å². The van der Waals surface area contributed by atoms with Crippen molar-refractivity contribution in [2.45, 2.75) is 11.3 Å². The van der Waals surface area contributed by atoms with Crippen LogP contribution in [0.5, 0.6) is 0 Å². The van der Waals surface area contributed by atoms with Gasteiger partial charge in [0.1, 0.15) is 11.9 Å². The number of anilines is 1. The molecule has 3 N–H and O–H groups in total. The molecule has 0 spiro atoms. The molecule has 4 nitrogen and oxygen atoms in total. The summed E-state index contributed by atoms with van der Waals surface area (Å²) in [6.45, 7) is 0. The molecule has 16 heavy (non-hydrogen) atoms. The topological polar surface area (TPSA) is 87.1 Å². The van der Waals surface area contributed by atoms with Crippen LogP contribution in [-0.4, -0.2) is 16.8 Å². The van der Waals surface area contributed by atoms with Crippen molar-refractivity contribution in [3.8, 4) is 6.07 Å². The van der Waals surface area contributed by atoms with E-state index in [4.69, 9.17) is 16.1 Å². The van der Waals surface area contributed by atoms with E-state index in [2.05, 4.69) is 0 Å². The molecule has 0 fully saturated rings. The lowest BCUT2D eigenvalue weighted by atomic mass is 10.2. The molecule has 1 aromatic rings. The summed E-state index contributed by atoms with van der Waals surface area (Å²) >= 11 is 1.15. The molecule has 0 atom stereocenters. The first kappa shape index (κ1) is 12.3. The summed E-state index contributed by atoms with van der Waals surface area (Å²) < 4.78 is 13.2. The Bertz CT molecular complexity index is 457. The molecule has 0 amide bonds. The predicted octanol–water partition coefficient (Wildman–Crippen LogP) is 1.85. The summed E-state index contributed by atoms with van der Waals surface area (Å²) in [6, 6.07) is 4.08. The van der Waals surface area contributed by atoms with Gasteiger partial charge in [-0.2, -0.15) is 5.26 Å². The Hall–Kier alpha value is -1.74. The second kappa shape index (κ2) is 5.37. The number of nitrogens with zero attached hydrogens (tertiary/aromatic N) is 1. The van der Waals surface area contributed by atoms with Crippen molar-refractivity contribution in [2.24, 2.45) is 0 Å². The zero-order valence-corrected chi connectivity index (χ0v) is 9.05. The SMILES string of the molecule is N#Cc1cc(N)c(SCCC(=O)O)cc1F. The third kappa shape index (κ3) is 3.14. The minimum Gasteiger partial charge on any atom is -0.481 e. The number of carboxylic acid groups (broad SMARTS) is 1. The zero-order valence-electron chi connectivity index (χ0n) is 8.24. The molecule has 0 saturated heterocycles. The number of nitrogen functional groups attached to an aromatic ring is 1. The Kier molecular flexibility index (Phi) is 4.14. The molecule has 0 heterocycles. The maximum atomic E-state index is 13.2. The smallest absolute Gasteiger partial charge is 0.304 e. The van der Waals surface area contributed by atoms with Crippen LogP contribution in [0.1, 0.15) is 12.0 Å². The second-order valence-electron chi connectivity index (χ2n) is 2.97. The van der Waals surface area contributed by atoms with E-state index in [9.17, 15) is 9.18 Å². The molecule has 0 unspecified atom stereocenters. The quantitative estimate of drug-likeness (QED) is 0.619. The van der Waals surface area contributed by atoms with E-state index in [1.54, 1.807) is 6.07 Å². The highest BCUT2D eigenvalue weighted by Gasteiger charge is 2.08. The fourth-order valence-electron chi connectivity index (χ4n) is 1.03. The van der Waals surface area contributed by atoms with Crippen LogP contribution in [0.15, 0.2) is 17.0 Å². The molecule has 0 aliphatic carbocycles. The van der Waals surface area contributed by atoms with Crippen molar-refractivity contribution >= 4 is 23.4 Å². The first-order valence-electron chi connectivity index (χ1n) is 4.38. The summed E-state index contributed by atoms with van der Waals surface area (Å²) in [5.74, 6) is -1.25. The first-order chi connectivity index (χ1) is 7.54. The summed E-state index contributed by atoms with van der Waals surface area (Å²) in [7, 11) is 0. The van der Waals surface area contributed by atoms with Crippen molar-refractivity contribution in [1.29, 1.82) is 5.26 Å². The van der Waals surface area contributed by atoms with E-state index in [1.807, 2.05) is 0 Å². The molecule has 0 bridgehead atoms. The van der Waals surface area contributed by atoms with Crippen molar-refractivity contribution in [1.82, 2.24) is 0 Å². The average molecular weight is 240 g/mol. The first-order valence-corrected chi connectivity index (χ1v) is 5.37. The molecule has 1 rings (SSSR count). The predicted molar refractivity (Wildman–Crippen MR) is 58.5 cm³/mol. The number of benzene rings is 1. The van der Waals surface area contributed by atoms with Crippen LogP contribution in [0.25, 0.3) is 0 Å². The third-order valence-electron chi connectivity index (χ3n) is 1.79. The van der Waals surface area contributed by atoms with Crippen molar-refractivity contribution in [2.75, 3.05) is 11.5 Å². The van der Waals surface area contributed by atoms with Gasteiger partial charge in [0.25, 0.3) is 0 Å². The number of nitriles is 1. The highest BCUT2D eigenvalue weighted by atomic mass is 32.2. The Morgan fingerprint density at radius 3 is 2.88 bits per heavy atom. The number of thioether (sulfide) groups is 1. The van der Waals surface area contributed by atoms with Gasteiger partial charge in [0.15, 0.2) is 0 Å². The Morgan fingerprint density at radius 1 is 1.62 bits per heavy atom. The largest absolute Gasteiger partial charge is 0.481 e. The Morgan fingerprint density at radius 2 is 2.31 bits per heavy atom. The van der Waals surface area contributed by atoms with Crippen LogP contribution in [-0.2, 0) is 4.79 Å². The van der Waals surface area contributed by atoms with E-state index < -0.39 is 11.8 Å². The van der Waals surface area contributed by atoms with Crippen LogP contribution < -0.4 is 5.73 Å². The summed E-state index contributed by atoms with van der Waals surface area (Å²) in [6.07, 6.45) is -0.0221. The van der Waals surface area contributed by atoms with E-state index in [1.165, 1.54) is 6.07 Å². The molecule has 6 heteroatoms. The third-order valence-corrected chi connectivity index (χ3v) is 2.87. The van der Waals surface area contributed by atoms with Gasteiger partial charge in [-0.15, -0.1) is 11.8 Å². The lowest BCUT2D eigenvalue weighted by molar-refractivity contribution is -0.136. The van der Waals surface area contributed by atoms with Gasteiger partial charge >= 0.3 is 5.97 Å². The lowest BCUT2D eigenvalue weighted by Crippen LogP contribution is -1.98. The molecule has 1 aromatic carbocycles. The van der Waals surface area contributed by atoms with Crippen molar-refractivity contribution < 1.29 is 14.3 Å². The van der Waals surface area contributed by atoms with Gasteiger partial charge in [0.2, 0.25) is 0 Å². The summed E-state index contributed by atoms with van der Waals surface area (Å²) in [5, 5.41) is 17.0. The molecular formula is C10H9FN2O2S. The maximum absolute atomic E-state index is 13.2. The van der Waals surface area contributed by atoms with E-state index in [0.717, 1.165) is 17.8 Å². The average Bonchev–Trinajstić information content (AvgIpc) is 2.22. The van der Waals surface area contributed by atoms with Gasteiger partial charge in [-0.1, -0.05) is 0 Å². The van der Waals surface area contributed by atoms with E-state index in [-0.39, 0.29) is 17.7 Å². The standard InChI is InChI=1S/C10H9FN2O2S/c11-7-4-9(16-2-1-10(14)15)8(13)3-6(7)5-12/h3-4H,1-2,13H2,(H,14,15). The number of hydrogen-bond acceptors (Lipinski definition) is 4. The Labute approximate surface area is 95.9 Å². The molecule has 0 radical (unpaired) electrons. The minimum absolute atomic E-state index is 0.0221. The van der Waals surface area contributed by atoms with Crippen LogP contribution in [0.4, 0.5) is 10.1 Å². The van der Waals surface area contributed by atoms with E-state index in [0.29, 0.717) is 10.6 Å². The van der Waals surface area contributed by atoms with Gasteiger partial charge in [-0.3, -0.25) is 4.79 Å². The highest BCUT2D eigenvalue weighted by molar-refractivity contribution is 7.99. The number of hydrogen-bond donors (Lipinski definition) is 2. The van der Waals surface area contributed by atoms with Gasteiger partial charge in [0, 0.05) is 16.3 Å². The van der Waals surface area contributed by atoms with Gasteiger partial charge in [-0.05, 0) is 12.1 Å².